The summed E-state index contributed by atoms with van der Waals surface area (Å²) in [5.74, 6) is 0.904. The SMILES string of the molecule is Cc1nccn1CC[C@@H](NC(=O)c1cnco1)c1ccccc1. The molecule has 118 valence electrons. The molecule has 0 saturated heterocycles. The van der Waals surface area contributed by atoms with Gasteiger partial charge in [0.2, 0.25) is 5.76 Å². The van der Waals surface area contributed by atoms with Crippen molar-refractivity contribution in [3.05, 3.63) is 72.5 Å². The number of benzene rings is 1. The van der Waals surface area contributed by atoms with Gasteiger partial charge in [0.1, 0.15) is 5.82 Å². The number of nitrogens with one attached hydrogen (secondary N) is 1. The van der Waals surface area contributed by atoms with Crippen molar-refractivity contribution >= 4 is 5.91 Å². The molecule has 0 unspecified atom stereocenters. The average Bonchev–Trinajstić information content (AvgIpc) is 3.24. The van der Waals surface area contributed by atoms with Crippen molar-refractivity contribution in [2.45, 2.75) is 25.9 Å². The minimum Gasteiger partial charge on any atom is -0.438 e. The Morgan fingerprint density at radius 1 is 1.35 bits per heavy atom. The molecular formula is C17H18N4O2. The summed E-state index contributed by atoms with van der Waals surface area (Å²) in [7, 11) is 0. The van der Waals surface area contributed by atoms with Crippen molar-refractivity contribution in [2.24, 2.45) is 0 Å². The van der Waals surface area contributed by atoms with Crippen molar-refractivity contribution in [1.82, 2.24) is 19.9 Å². The molecule has 3 aromatic rings. The number of hydrogen-bond acceptors (Lipinski definition) is 4. The molecule has 0 bridgehead atoms. The Kier molecular flexibility index (Phi) is 4.52. The molecule has 3 rings (SSSR count). The first-order valence-electron chi connectivity index (χ1n) is 7.46. The molecule has 2 aromatic heterocycles. The lowest BCUT2D eigenvalue weighted by molar-refractivity contribution is 0.0905. The van der Waals surface area contributed by atoms with Crippen LogP contribution in [0.15, 0.2) is 59.7 Å². The molecule has 1 amide bonds. The molecule has 1 aromatic carbocycles. The molecule has 2 heterocycles. The predicted molar refractivity (Wildman–Crippen MR) is 84.7 cm³/mol. The summed E-state index contributed by atoms with van der Waals surface area (Å²) in [5.41, 5.74) is 1.05. The van der Waals surface area contributed by atoms with Crippen LogP contribution in [0.2, 0.25) is 0 Å². The molecular weight excluding hydrogens is 292 g/mol. The van der Waals surface area contributed by atoms with Gasteiger partial charge in [-0.1, -0.05) is 30.3 Å². The maximum atomic E-state index is 12.3. The molecule has 0 aliphatic rings. The van der Waals surface area contributed by atoms with Crippen LogP contribution >= 0.6 is 0 Å². The molecule has 1 atom stereocenters. The summed E-state index contributed by atoms with van der Waals surface area (Å²) in [5, 5.41) is 3.01. The van der Waals surface area contributed by atoms with E-state index in [1.807, 2.05) is 43.5 Å². The van der Waals surface area contributed by atoms with Gasteiger partial charge in [0.15, 0.2) is 6.39 Å². The van der Waals surface area contributed by atoms with E-state index in [9.17, 15) is 4.79 Å². The number of amides is 1. The van der Waals surface area contributed by atoms with Crippen molar-refractivity contribution in [3.63, 3.8) is 0 Å². The van der Waals surface area contributed by atoms with E-state index >= 15 is 0 Å². The van der Waals surface area contributed by atoms with E-state index in [1.54, 1.807) is 6.20 Å². The Morgan fingerprint density at radius 3 is 2.83 bits per heavy atom. The van der Waals surface area contributed by atoms with Crippen LogP contribution < -0.4 is 5.32 Å². The highest BCUT2D eigenvalue weighted by molar-refractivity contribution is 5.91. The van der Waals surface area contributed by atoms with Gasteiger partial charge in [0.05, 0.1) is 12.2 Å². The predicted octanol–water partition coefficient (Wildman–Crippen LogP) is 2.74. The van der Waals surface area contributed by atoms with Gasteiger partial charge >= 0.3 is 0 Å². The fourth-order valence-electron chi connectivity index (χ4n) is 2.47. The number of aryl methyl sites for hydroxylation is 2. The van der Waals surface area contributed by atoms with Crippen molar-refractivity contribution < 1.29 is 9.21 Å². The molecule has 1 N–H and O–H groups in total. The lowest BCUT2D eigenvalue weighted by Crippen LogP contribution is -2.29. The normalized spacial score (nSPS) is 12.0. The van der Waals surface area contributed by atoms with Crippen LogP contribution in [0.1, 0.15) is 34.4 Å². The van der Waals surface area contributed by atoms with Crippen molar-refractivity contribution in [3.8, 4) is 0 Å². The maximum absolute atomic E-state index is 12.3. The first-order valence-corrected chi connectivity index (χ1v) is 7.46. The van der Waals surface area contributed by atoms with Crippen molar-refractivity contribution in [1.29, 1.82) is 0 Å². The number of nitrogens with zero attached hydrogens (tertiary/aromatic N) is 3. The zero-order chi connectivity index (χ0) is 16.1. The van der Waals surface area contributed by atoms with Crippen LogP contribution in [0.4, 0.5) is 0 Å². The van der Waals surface area contributed by atoms with E-state index in [2.05, 4.69) is 19.9 Å². The summed E-state index contributed by atoms with van der Waals surface area (Å²) < 4.78 is 7.13. The monoisotopic (exact) mass is 310 g/mol. The number of carbonyl (C=O) groups excluding carboxylic acids is 1. The van der Waals surface area contributed by atoms with Gasteiger partial charge in [-0.15, -0.1) is 0 Å². The van der Waals surface area contributed by atoms with Gasteiger partial charge in [-0.2, -0.15) is 0 Å². The smallest absolute Gasteiger partial charge is 0.289 e. The number of rotatable bonds is 6. The molecule has 0 radical (unpaired) electrons. The van der Waals surface area contributed by atoms with E-state index in [4.69, 9.17) is 4.42 Å². The molecule has 23 heavy (non-hydrogen) atoms. The lowest BCUT2D eigenvalue weighted by Gasteiger charge is -2.19. The lowest BCUT2D eigenvalue weighted by atomic mass is 10.0. The Hall–Kier alpha value is -2.89. The topological polar surface area (TPSA) is 73.0 Å². The second kappa shape index (κ2) is 6.91. The third-order valence-corrected chi connectivity index (χ3v) is 3.75. The third kappa shape index (κ3) is 3.66. The Labute approximate surface area is 134 Å². The van der Waals surface area contributed by atoms with Crippen LogP contribution in [0.5, 0.6) is 0 Å². The summed E-state index contributed by atoms with van der Waals surface area (Å²) in [4.78, 5) is 20.3. The number of hydrogen-bond donors (Lipinski definition) is 1. The number of aromatic nitrogens is 3. The summed E-state index contributed by atoms with van der Waals surface area (Å²) in [6, 6.07) is 9.78. The van der Waals surface area contributed by atoms with Crippen LogP contribution in [0, 0.1) is 6.92 Å². The van der Waals surface area contributed by atoms with E-state index in [0.717, 1.165) is 24.4 Å². The minimum atomic E-state index is -0.265. The number of carbonyl (C=O) groups is 1. The highest BCUT2D eigenvalue weighted by atomic mass is 16.3. The van der Waals surface area contributed by atoms with E-state index < -0.39 is 0 Å². The first kappa shape index (κ1) is 15.0. The maximum Gasteiger partial charge on any atom is 0.289 e. The number of imidazole rings is 1. The molecule has 0 saturated carbocycles. The van der Waals surface area contributed by atoms with Gasteiger partial charge in [0, 0.05) is 18.9 Å². The van der Waals surface area contributed by atoms with Gasteiger partial charge in [0.25, 0.3) is 5.91 Å². The molecule has 0 aliphatic heterocycles. The third-order valence-electron chi connectivity index (χ3n) is 3.75. The summed E-state index contributed by atoms with van der Waals surface area (Å²) in [6.07, 6.45) is 7.13. The molecule has 6 nitrogen and oxygen atoms in total. The molecule has 0 fully saturated rings. The second-order valence-corrected chi connectivity index (χ2v) is 5.26. The quantitative estimate of drug-likeness (QED) is 0.760. The van der Waals surface area contributed by atoms with Gasteiger partial charge in [-0.25, -0.2) is 9.97 Å². The molecule has 0 aliphatic carbocycles. The molecule has 6 heteroatoms. The number of oxazole rings is 1. The van der Waals surface area contributed by atoms with Gasteiger partial charge < -0.3 is 14.3 Å². The fourth-order valence-corrected chi connectivity index (χ4v) is 2.47. The zero-order valence-corrected chi connectivity index (χ0v) is 12.8. The molecule has 0 spiro atoms. The van der Waals surface area contributed by atoms with E-state index in [0.29, 0.717) is 0 Å². The highest BCUT2D eigenvalue weighted by Gasteiger charge is 2.18. The summed E-state index contributed by atoms with van der Waals surface area (Å²) in [6.45, 7) is 2.73. The van der Waals surface area contributed by atoms with Gasteiger partial charge in [-0.3, -0.25) is 4.79 Å². The average molecular weight is 310 g/mol. The Bertz CT molecular complexity index is 750. The minimum absolute atomic E-state index is 0.115. The fraction of sp³-hybridized carbons (Fsp3) is 0.235. The highest BCUT2D eigenvalue weighted by Crippen LogP contribution is 2.18. The van der Waals surface area contributed by atoms with Crippen molar-refractivity contribution in [2.75, 3.05) is 0 Å². The van der Waals surface area contributed by atoms with Crippen LogP contribution in [0.3, 0.4) is 0 Å². The summed E-state index contributed by atoms with van der Waals surface area (Å²) >= 11 is 0. The Balaban J connectivity index is 1.74. The standard InChI is InChI=1S/C17H18N4O2/c1-13-19-8-10-21(13)9-7-15(14-5-3-2-4-6-14)20-17(22)16-11-18-12-23-16/h2-6,8,10-12,15H,7,9H2,1H3,(H,20,22)/t15-/m1/s1. The Morgan fingerprint density at radius 2 is 2.17 bits per heavy atom. The second-order valence-electron chi connectivity index (χ2n) is 5.26. The van der Waals surface area contributed by atoms with Crippen LogP contribution in [-0.4, -0.2) is 20.4 Å². The van der Waals surface area contributed by atoms with E-state index in [1.165, 1.54) is 12.6 Å². The van der Waals surface area contributed by atoms with Gasteiger partial charge in [-0.05, 0) is 18.9 Å². The first-order chi connectivity index (χ1) is 11.2. The van der Waals surface area contributed by atoms with E-state index in [-0.39, 0.29) is 17.7 Å². The van der Waals surface area contributed by atoms with Crippen LogP contribution in [0.25, 0.3) is 0 Å². The largest absolute Gasteiger partial charge is 0.438 e. The zero-order valence-electron chi connectivity index (χ0n) is 12.8. The van der Waals surface area contributed by atoms with Crippen LogP contribution in [-0.2, 0) is 6.54 Å².